The van der Waals surface area contributed by atoms with Gasteiger partial charge in [-0.25, -0.2) is 4.79 Å². The number of hydrogen-bond acceptors (Lipinski definition) is 6. The van der Waals surface area contributed by atoms with Gasteiger partial charge in [0.05, 0.1) is 33.0 Å². The molecule has 1 aromatic heterocycles. The minimum absolute atomic E-state index is 0.0352. The number of methoxy groups -OCH3 is 2. The van der Waals surface area contributed by atoms with Crippen LogP contribution in [0.5, 0.6) is 23.0 Å². The Bertz CT molecular complexity index is 841. The quantitative estimate of drug-likeness (QED) is 0.482. The molecule has 0 amide bonds. The van der Waals surface area contributed by atoms with Gasteiger partial charge in [-0.2, -0.15) is 0 Å². The van der Waals surface area contributed by atoms with Crippen molar-refractivity contribution >= 4 is 12.2 Å². The lowest BCUT2D eigenvalue weighted by atomic mass is 10.1. The molecule has 29 heavy (non-hydrogen) atoms. The molecule has 0 aliphatic heterocycles. The van der Waals surface area contributed by atoms with Crippen LogP contribution < -0.4 is 24.6 Å². The van der Waals surface area contributed by atoms with E-state index < -0.39 is 5.63 Å². The van der Waals surface area contributed by atoms with Crippen LogP contribution in [0.25, 0.3) is 12.2 Å². The van der Waals surface area contributed by atoms with Gasteiger partial charge in [0.25, 0.3) is 0 Å². The van der Waals surface area contributed by atoms with Crippen LogP contribution in [0, 0.1) is 0 Å². The van der Waals surface area contributed by atoms with Crippen molar-refractivity contribution in [3.05, 3.63) is 46.0 Å². The van der Waals surface area contributed by atoms with Gasteiger partial charge in [-0.05, 0) is 44.0 Å². The van der Waals surface area contributed by atoms with Gasteiger partial charge in [0, 0.05) is 6.07 Å². The first-order chi connectivity index (χ1) is 14.0. The molecule has 0 aliphatic rings. The van der Waals surface area contributed by atoms with Gasteiger partial charge in [-0.1, -0.05) is 25.8 Å². The first-order valence-electron chi connectivity index (χ1n) is 9.85. The molecule has 0 saturated carbocycles. The Labute approximate surface area is 172 Å². The molecule has 0 radical (unpaired) electrons. The minimum Gasteiger partial charge on any atom is -0.493 e. The lowest BCUT2D eigenvalue weighted by molar-refractivity contribution is 0.239. The normalized spacial score (nSPS) is 11.1. The molecule has 2 rings (SSSR count). The summed E-state index contributed by atoms with van der Waals surface area (Å²) in [6.45, 7) is 6.54. The summed E-state index contributed by atoms with van der Waals surface area (Å²) in [5.74, 6) is 2.62. The van der Waals surface area contributed by atoms with Crippen LogP contribution in [-0.4, -0.2) is 26.9 Å². The molecule has 0 unspecified atom stereocenters. The number of ether oxygens (including phenoxy) is 4. The van der Waals surface area contributed by atoms with Gasteiger partial charge in [-0.15, -0.1) is 0 Å². The molecule has 158 valence electrons. The van der Waals surface area contributed by atoms with Crippen LogP contribution in [0.2, 0.25) is 0 Å². The van der Waals surface area contributed by atoms with Crippen molar-refractivity contribution in [3.63, 3.8) is 0 Å². The van der Waals surface area contributed by atoms with E-state index in [0.717, 1.165) is 24.8 Å². The largest absolute Gasteiger partial charge is 0.493 e. The molecule has 0 N–H and O–H groups in total. The van der Waals surface area contributed by atoms with Crippen molar-refractivity contribution in [2.75, 3.05) is 20.8 Å². The van der Waals surface area contributed by atoms with Crippen LogP contribution in [0.3, 0.4) is 0 Å². The summed E-state index contributed by atoms with van der Waals surface area (Å²) in [6, 6.07) is 6.70. The van der Waals surface area contributed by atoms with Gasteiger partial charge >= 0.3 is 5.63 Å². The van der Waals surface area contributed by atoms with E-state index in [1.165, 1.54) is 6.07 Å². The first-order valence-corrected chi connectivity index (χ1v) is 9.85. The van der Waals surface area contributed by atoms with Gasteiger partial charge < -0.3 is 23.4 Å². The van der Waals surface area contributed by atoms with E-state index in [0.29, 0.717) is 35.4 Å². The average molecular weight is 402 g/mol. The standard InChI is InChI=1S/C23H30O6/c1-6-7-8-11-27-23-20(25-4)12-17(13-21(23)26-5)9-10-18-14-19(28-16(2)3)15-22(24)29-18/h9-10,12-16H,6-8,11H2,1-5H3. The molecule has 6 nitrogen and oxygen atoms in total. The zero-order valence-corrected chi connectivity index (χ0v) is 17.8. The zero-order chi connectivity index (χ0) is 21.2. The fourth-order valence-corrected chi connectivity index (χ4v) is 2.74. The average Bonchev–Trinajstić information content (AvgIpc) is 2.68. The van der Waals surface area contributed by atoms with Crippen LogP contribution in [-0.2, 0) is 0 Å². The number of rotatable bonds is 11. The Morgan fingerprint density at radius 3 is 2.28 bits per heavy atom. The number of hydrogen-bond donors (Lipinski definition) is 0. The Morgan fingerprint density at radius 2 is 1.69 bits per heavy atom. The predicted octanol–water partition coefficient (Wildman–Crippen LogP) is 5.18. The van der Waals surface area contributed by atoms with E-state index in [2.05, 4.69) is 6.92 Å². The van der Waals surface area contributed by atoms with Crippen molar-refractivity contribution in [2.24, 2.45) is 0 Å². The molecular weight excluding hydrogens is 372 g/mol. The third kappa shape index (κ3) is 6.89. The highest BCUT2D eigenvalue weighted by atomic mass is 16.5. The van der Waals surface area contributed by atoms with E-state index in [1.54, 1.807) is 26.4 Å². The second kappa shape index (κ2) is 11.2. The van der Waals surface area contributed by atoms with Gasteiger partial charge in [0.1, 0.15) is 11.5 Å². The summed E-state index contributed by atoms with van der Waals surface area (Å²) in [4.78, 5) is 11.8. The van der Waals surface area contributed by atoms with Crippen molar-refractivity contribution in [1.29, 1.82) is 0 Å². The Balaban J connectivity index is 2.26. The topological polar surface area (TPSA) is 67.1 Å². The molecule has 0 aliphatic carbocycles. The third-order valence-corrected chi connectivity index (χ3v) is 4.05. The Kier molecular flexibility index (Phi) is 8.65. The third-order valence-electron chi connectivity index (χ3n) is 4.05. The molecule has 2 aromatic rings. The number of unbranched alkanes of at least 4 members (excludes halogenated alkanes) is 2. The van der Waals surface area contributed by atoms with Gasteiger partial charge in [0.15, 0.2) is 11.5 Å². The monoisotopic (exact) mass is 402 g/mol. The summed E-state index contributed by atoms with van der Waals surface area (Å²) < 4.78 is 27.7. The van der Waals surface area contributed by atoms with Crippen molar-refractivity contribution in [2.45, 2.75) is 46.1 Å². The van der Waals surface area contributed by atoms with Crippen LogP contribution >= 0.6 is 0 Å². The predicted molar refractivity (Wildman–Crippen MR) is 114 cm³/mol. The summed E-state index contributed by atoms with van der Waals surface area (Å²) in [6.07, 6.45) is 6.68. The van der Waals surface area contributed by atoms with E-state index in [9.17, 15) is 4.79 Å². The maximum atomic E-state index is 11.8. The molecular formula is C23H30O6. The molecule has 0 bridgehead atoms. The highest BCUT2D eigenvalue weighted by Gasteiger charge is 2.13. The summed E-state index contributed by atoms with van der Waals surface area (Å²) in [5.41, 5.74) is 0.353. The van der Waals surface area contributed by atoms with Crippen LogP contribution in [0.1, 0.15) is 51.4 Å². The molecule has 0 saturated heterocycles. The lowest BCUT2D eigenvalue weighted by Gasteiger charge is -2.15. The van der Waals surface area contributed by atoms with E-state index in [-0.39, 0.29) is 6.10 Å². The fourth-order valence-electron chi connectivity index (χ4n) is 2.74. The second-order valence-corrected chi connectivity index (χ2v) is 6.82. The van der Waals surface area contributed by atoms with Crippen molar-refractivity contribution in [3.8, 4) is 23.0 Å². The van der Waals surface area contributed by atoms with Gasteiger partial charge in [0.2, 0.25) is 5.75 Å². The van der Waals surface area contributed by atoms with Crippen molar-refractivity contribution < 1.29 is 23.4 Å². The molecule has 0 spiro atoms. The smallest absolute Gasteiger partial charge is 0.339 e. The molecule has 0 fully saturated rings. The Morgan fingerprint density at radius 1 is 1.00 bits per heavy atom. The molecule has 1 heterocycles. The highest BCUT2D eigenvalue weighted by Crippen LogP contribution is 2.39. The summed E-state index contributed by atoms with van der Waals surface area (Å²) in [7, 11) is 3.18. The van der Waals surface area contributed by atoms with E-state index in [1.807, 2.05) is 32.1 Å². The molecule has 6 heteroatoms. The summed E-state index contributed by atoms with van der Waals surface area (Å²) >= 11 is 0. The van der Waals surface area contributed by atoms with Crippen LogP contribution in [0.15, 0.2) is 33.5 Å². The SMILES string of the molecule is CCCCCOc1c(OC)cc(C=Cc2cc(OC(C)C)cc(=O)o2)cc1OC. The maximum absolute atomic E-state index is 11.8. The van der Waals surface area contributed by atoms with Crippen molar-refractivity contribution in [1.82, 2.24) is 0 Å². The maximum Gasteiger partial charge on any atom is 0.339 e. The number of benzene rings is 1. The van der Waals surface area contributed by atoms with E-state index >= 15 is 0 Å². The lowest BCUT2D eigenvalue weighted by Crippen LogP contribution is -2.08. The fraction of sp³-hybridized carbons (Fsp3) is 0.435. The van der Waals surface area contributed by atoms with E-state index in [4.69, 9.17) is 23.4 Å². The first kappa shape index (κ1) is 22.4. The van der Waals surface area contributed by atoms with Gasteiger partial charge in [-0.3, -0.25) is 0 Å². The zero-order valence-electron chi connectivity index (χ0n) is 17.8. The van der Waals surface area contributed by atoms with Crippen LogP contribution in [0.4, 0.5) is 0 Å². The Hall–Kier alpha value is -2.89. The summed E-state index contributed by atoms with van der Waals surface area (Å²) in [5, 5.41) is 0. The second-order valence-electron chi connectivity index (χ2n) is 6.82. The minimum atomic E-state index is -0.464. The molecule has 1 aromatic carbocycles. The highest BCUT2D eigenvalue weighted by molar-refractivity contribution is 5.71. The molecule has 0 atom stereocenters.